The topological polar surface area (TPSA) is 66.5 Å². The quantitative estimate of drug-likeness (QED) is 0.745. The molecule has 72 valence electrons. The summed E-state index contributed by atoms with van der Waals surface area (Å²) < 4.78 is 12.9. The summed E-state index contributed by atoms with van der Waals surface area (Å²) in [4.78, 5) is 0. The average molecular weight is 250 g/mol. The Balaban J connectivity index is 3.24. The van der Waals surface area contributed by atoms with Crippen molar-refractivity contribution in [2.45, 2.75) is 6.42 Å². The van der Waals surface area contributed by atoms with Crippen molar-refractivity contribution in [3.05, 3.63) is 21.9 Å². The Morgan fingerprint density at radius 3 is 2.54 bits per heavy atom. The lowest BCUT2D eigenvalue weighted by atomic mass is 10.1. The Morgan fingerprint density at radius 1 is 1.38 bits per heavy atom. The van der Waals surface area contributed by atoms with Crippen LogP contribution in [0.15, 0.2) is 10.5 Å². The minimum atomic E-state index is -0.770. The highest BCUT2D eigenvalue weighted by atomic mass is 79.9. The van der Waals surface area contributed by atoms with Crippen LogP contribution >= 0.6 is 15.9 Å². The van der Waals surface area contributed by atoms with E-state index in [9.17, 15) is 9.50 Å². The Hall–Kier alpha value is -0.810. The van der Waals surface area contributed by atoms with E-state index in [0.29, 0.717) is 18.5 Å². The van der Waals surface area contributed by atoms with Gasteiger partial charge >= 0.3 is 0 Å². The number of nitrogens with two attached hydrogens (primary N) is 1. The van der Waals surface area contributed by atoms with Crippen molar-refractivity contribution in [3.63, 3.8) is 0 Å². The smallest absolute Gasteiger partial charge is 0.169 e. The third kappa shape index (κ3) is 1.92. The minimum absolute atomic E-state index is 0.0315. The highest BCUT2D eigenvalue weighted by Crippen LogP contribution is 2.37. The Morgan fingerprint density at radius 2 is 2.00 bits per heavy atom. The molecule has 0 heterocycles. The molecule has 0 spiro atoms. The number of aromatic hydroxyl groups is 2. The van der Waals surface area contributed by atoms with E-state index in [1.165, 1.54) is 0 Å². The van der Waals surface area contributed by atoms with Gasteiger partial charge < -0.3 is 15.9 Å². The molecule has 0 amide bonds. The van der Waals surface area contributed by atoms with Gasteiger partial charge in [0.2, 0.25) is 0 Å². The molecule has 1 rings (SSSR count). The summed E-state index contributed by atoms with van der Waals surface area (Å²) >= 11 is 2.87. The van der Waals surface area contributed by atoms with E-state index in [2.05, 4.69) is 15.9 Å². The first-order valence-corrected chi connectivity index (χ1v) is 4.46. The number of halogens is 2. The second-order valence-electron chi connectivity index (χ2n) is 2.57. The van der Waals surface area contributed by atoms with Crippen LogP contribution in [0.3, 0.4) is 0 Å². The molecule has 1 aromatic rings. The first-order valence-electron chi connectivity index (χ1n) is 3.66. The summed E-state index contributed by atoms with van der Waals surface area (Å²) in [5, 5.41) is 18.5. The first kappa shape index (κ1) is 10.3. The molecule has 0 aliphatic rings. The molecule has 0 fully saturated rings. The first-order chi connectivity index (χ1) is 6.07. The van der Waals surface area contributed by atoms with E-state index in [1.54, 1.807) is 0 Å². The number of hydrogen-bond donors (Lipinski definition) is 3. The van der Waals surface area contributed by atoms with Crippen LogP contribution < -0.4 is 5.73 Å². The molecule has 5 heteroatoms. The number of phenols is 2. The molecule has 0 saturated heterocycles. The summed E-state index contributed by atoms with van der Waals surface area (Å²) in [7, 11) is 0. The van der Waals surface area contributed by atoms with Crippen molar-refractivity contribution >= 4 is 15.9 Å². The van der Waals surface area contributed by atoms with Crippen molar-refractivity contribution in [2.24, 2.45) is 5.73 Å². The second-order valence-corrected chi connectivity index (χ2v) is 3.36. The van der Waals surface area contributed by atoms with Crippen LogP contribution in [0.25, 0.3) is 0 Å². The summed E-state index contributed by atoms with van der Waals surface area (Å²) in [6.07, 6.45) is 0.363. The molecule has 0 aliphatic carbocycles. The van der Waals surface area contributed by atoms with E-state index >= 15 is 0 Å². The van der Waals surface area contributed by atoms with Crippen LogP contribution in [-0.2, 0) is 6.42 Å². The summed E-state index contributed by atoms with van der Waals surface area (Å²) in [5.74, 6) is -1.52. The maximum absolute atomic E-state index is 12.9. The van der Waals surface area contributed by atoms with Gasteiger partial charge in [0.25, 0.3) is 0 Å². The lowest BCUT2D eigenvalue weighted by molar-refractivity contribution is 0.410. The second kappa shape index (κ2) is 3.93. The molecule has 0 aromatic heterocycles. The zero-order valence-electron chi connectivity index (χ0n) is 6.72. The lowest BCUT2D eigenvalue weighted by Crippen LogP contribution is -2.03. The van der Waals surface area contributed by atoms with Crippen LogP contribution in [0.4, 0.5) is 4.39 Å². The van der Waals surface area contributed by atoms with Crippen LogP contribution in [-0.4, -0.2) is 16.8 Å². The summed E-state index contributed by atoms with van der Waals surface area (Å²) in [5.41, 5.74) is 5.64. The molecule has 0 radical (unpaired) electrons. The standard InChI is InChI=1S/C8H9BrFNO2/c9-6-7(12)4(1-2-11)3-5(10)8(6)13/h3,12-13H,1-2,11H2. The Kier molecular flexibility index (Phi) is 3.11. The van der Waals surface area contributed by atoms with Gasteiger partial charge in [-0.25, -0.2) is 4.39 Å². The number of rotatable bonds is 2. The molecular weight excluding hydrogens is 241 g/mol. The number of hydrogen-bond acceptors (Lipinski definition) is 3. The minimum Gasteiger partial charge on any atom is -0.506 e. The monoisotopic (exact) mass is 249 g/mol. The van der Waals surface area contributed by atoms with Crippen molar-refractivity contribution < 1.29 is 14.6 Å². The molecule has 1 aromatic carbocycles. The van der Waals surface area contributed by atoms with Gasteiger partial charge in [-0.05, 0) is 40.5 Å². The van der Waals surface area contributed by atoms with Gasteiger partial charge in [-0.1, -0.05) is 0 Å². The number of phenolic OH excluding ortho intramolecular Hbond substituents is 2. The average Bonchev–Trinajstić information content (AvgIpc) is 2.11. The highest BCUT2D eigenvalue weighted by molar-refractivity contribution is 9.10. The Bertz CT molecular complexity index is 330. The Labute approximate surface area is 83.1 Å². The van der Waals surface area contributed by atoms with Gasteiger partial charge in [0.05, 0.1) is 0 Å². The molecule has 13 heavy (non-hydrogen) atoms. The normalized spacial score (nSPS) is 10.4. The molecule has 0 aliphatic heterocycles. The van der Waals surface area contributed by atoms with Crippen LogP contribution in [0.1, 0.15) is 5.56 Å². The molecule has 4 N–H and O–H groups in total. The van der Waals surface area contributed by atoms with Crippen LogP contribution in [0, 0.1) is 5.82 Å². The predicted molar refractivity (Wildman–Crippen MR) is 50.2 cm³/mol. The largest absolute Gasteiger partial charge is 0.506 e. The third-order valence-corrected chi connectivity index (χ3v) is 2.41. The summed E-state index contributed by atoms with van der Waals surface area (Å²) in [6.45, 7) is 0.310. The molecule has 0 bridgehead atoms. The fourth-order valence-corrected chi connectivity index (χ4v) is 1.44. The van der Waals surface area contributed by atoms with Crippen LogP contribution in [0.2, 0.25) is 0 Å². The van der Waals surface area contributed by atoms with Gasteiger partial charge in [0.15, 0.2) is 11.6 Å². The van der Waals surface area contributed by atoms with Gasteiger partial charge in [0, 0.05) is 0 Å². The fraction of sp³-hybridized carbons (Fsp3) is 0.250. The molecule has 0 saturated carbocycles. The van der Waals surface area contributed by atoms with E-state index in [4.69, 9.17) is 10.8 Å². The van der Waals surface area contributed by atoms with Gasteiger partial charge in [-0.3, -0.25) is 0 Å². The zero-order valence-corrected chi connectivity index (χ0v) is 8.31. The van der Waals surface area contributed by atoms with E-state index in [-0.39, 0.29) is 10.2 Å². The fourth-order valence-electron chi connectivity index (χ4n) is 0.994. The molecule has 0 atom stereocenters. The molecule has 0 unspecified atom stereocenters. The van der Waals surface area contributed by atoms with Crippen molar-refractivity contribution in [1.29, 1.82) is 0 Å². The number of benzene rings is 1. The maximum Gasteiger partial charge on any atom is 0.169 e. The van der Waals surface area contributed by atoms with Gasteiger partial charge in [-0.2, -0.15) is 0 Å². The van der Waals surface area contributed by atoms with Crippen LogP contribution in [0.5, 0.6) is 11.5 Å². The molecule has 3 nitrogen and oxygen atoms in total. The van der Waals surface area contributed by atoms with E-state index in [0.717, 1.165) is 6.07 Å². The van der Waals surface area contributed by atoms with Gasteiger partial charge in [0.1, 0.15) is 10.2 Å². The predicted octanol–water partition coefficient (Wildman–Crippen LogP) is 1.50. The van der Waals surface area contributed by atoms with Crippen molar-refractivity contribution in [2.75, 3.05) is 6.54 Å². The third-order valence-electron chi connectivity index (χ3n) is 1.66. The lowest BCUT2D eigenvalue weighted by Gasteiger charge is -2.07. The summed E-state index contributed by atoms with van der Waals surface area (Å²) in [6, 6.07) is 1.07. The van der Waals surface area contributed by atoms with Crippen molar-refractivity contribution in [3.8, 4) is 11.5 Å². The van der Waals surface area contributed by atoms with Gasteiger partial charge in [-0.15, -0.1) is 0 Å². The SMILES string of the molecule is NCCc1cc(F)c(O)c(Br)c1O. The maximum atomic E-state index is 12.9. The highest BCUT2D eigenvalue weighted by Gasteiger charge is 2.14. The molecular formula is C8H9BrFNO2. The van der Waals surface area contributed by atoms with E-state index < -0.39 is 11.6 Å². The zero-order chi connectivity index (χ0) is 10.0. The van der Waals surface area contributed by atoms with Crippen molar-refractivity contribution in [1.82, 2.24) is 0 Å². The van der Waals surface area contributed by atoms with E-state index in [1.807, 2.05) is 0 Å².